The monoisotopic (exact) mass is 312 g/mol. The van der Waals surface area contributed by atoms with Gasteiger partial charge in [0.1, 0.15) is 0 Å². The van der Waals surface area contributed by atoms with Gasteiger partial charge >= 0.3 is 0 Å². The Bertz CT molecular complexity index is 228. The molecule has 22 heavy (non-hydrogen) atoms. The topological polar surface area (TPSA) is 0 Å². The predicted octanol–water partition coefficient (Wildman–Crippen LogP) is 8.83. The summed E-state index contributed by atoms with van der Waals surface area (Å²) in [5.41, 5.74) is 1.85. The Morgan fingerprint density at radius 2 is 1.36 bits per heavy atom. The van der Waals surface area contributed by atoms with Crippen LogP contribution in [0.25, 0.3) is 0 Å². The molecular weight excluding hydrogens is 264 g/mol. The van der Waals surface area contributed by atoms with Crippen LogP contribution in [0.5, 0.6) is 0 Å². The van der Waals surface area contributed by atoms with Crippen molar-refractivity contribution in [2.75, 3.05) is 0 Å². The first-order chi connectivity index (χ1) is 10.3. The first-order valence-corrected chi connectivity index (χ1v) is 9.62. The van der Waals surface area contributed by atoms with Crippen molar-refractivity contribution < 1.29 is 0 Å². The van der Waals surface area contributed by atoms with Crippen LogP contribution in [0.3, 0.4) is 0 Å². The second-order valence-corrected chi connectivity index (χ2v) is 6.28. The zero-order valence-corrected chi connectivity index (χ0v) is 18.1. The quantitative estimate of drug-likeness (QED) is 0.430. The first-order valence-electron chi connectivity index (χ1n) is 9.62. The highest BCUT2D eigenvalue weighted by atomic mass is 14.2. The number of rotatable bonds is 6. The van der Waals surface area contributed by atoms with Crippen LogP contribution in [-0.4, -0.2) is 0 Å². The number of hydrogen-bond donors (Lipinski definition) is 0. The lowest BCUT2D eigenvalue weighted by atomic mass is 9.86. The van der Waals surface area contributed by atoms with Crippen LogP contribution >= 0.6 is 0 Å². The maximum atomic E-state index is 2.32. The van der Waals surface area contributed by atoms with Crippen LogP contribution < -0.4 is 0 Å². The van der Waals surface area contributed by atoms with Gasteiger partial charge < -0.3 is 0 Å². The van der Waals surface area contributed by atoms with Crippen molar-refractivity contribution in [3.05, 3.63) is 23.8 Å². The van der Waals surface area contributed by atoms with Crippen molar-refractivity contribution in [1.29, 1.82) is 0 Å². The Labute approximate surface area is 144 Å². The second-order valence-electron chi connectivity index (χ2n) is 6.28. The van der Waals surface area contributed by atoms with E-state index in [-0.39, 0.29) is 0 Å². The van der Waals surface area contributed by atoms with E-state index in [0.29, 0.717) is 5.41 Å². The minimum absolute atomic E-state index is 0.461. The summed E-state index contributed by atoms with van der Waals surface area (Å²) in [4.78, 5) is 0. The van der Waals surface area contributed by atoms with E-state index in [4.69, 9.17) is 0 Å². The summed E-state index contributed by atoms with van der Waals surface area (Å²) in [6, 6.07) is 0. The van der Waals surface area contributed by atoms with E-state index in [9.17, 15) is 0 Å². The van der Waals surface area contributed by atoms with E-state index in [1.807, 2.05) is 27.7 Å². The second kappa shape index (κ2) is 22.8. The minimum atomic E-state index is 0.461. The molecular formula is C22H48. The van der Waals surface area contributed by atoms with E-state index in [0.717, 1.165) is 12.3 Å². The molecule has 0 aliphatic heterocycles. The van der Waals surface area contributed by atoms with Crippen LogP contribution in [0.2, 0.25) is 0 Å². The summed E-state index contributed by atoms with van der Waals surface area (Å²) in [5.74, 6) is 0.884. The van der Waals surface area contributed by atoms with E-state index in [1.54, 1.807) is 0 Å². The molecule has 0 atom stereocenters. The fourth-order valence-electron chi connectivity index (χ4n) is 1.10. The SMILES string of the molecule is CC.CC.CC/C=C(C)\C=C/CC(C)(C)CC.CCC(C)C. The molecule has 136 valence electrons. The van der Waals surface area contributed by atoms with E-state index in [2.05, 4.69) is 73.6 Å². The van der Waals surface area contributed by atoms with Crippen LogP contribution in [-0.2, 0) is 0 Å². The Morgan fingerprint density at radius 3 is 1.64 bits per heavy atom. The molecule has 0 bridgehead atoms. The molecule has 0 rings (SSSR count). The maximum absolute atomic E-state index is 2.32. The van der Waals surface area contributed by atoms with Crippen LogP contribution in [0, 0.1) is 11.3 Å². The van der Waals surface area contributed by atoms with Crippen molar-refractivity contribution in [3.8, 4) is 0 Å². The van der Waals surface area contributed by atoms with Gasteiger partial charge in [-0.1, -0.05) is 113 Å². The van der Waals surface area contributed by atoms with Crippen LogP contribution in [0.1, 0.15) is 109 Å². The molecule has 0 spiro atoms. The van der Waals surface area contributed by atoms with Gasteiger partial charge in [0.15, 0.2) is 0 Å². The van der Waals surface area contributed by atoms with E-state index >= 15 is 0 Å². The molecule has 0 aromatic carbocycles. The molecule has 0 unspecified atom stereocenters. The molecule has 0 N–H and O–H groups in total. The van der Waals surface area contributed by atoms with Gasteiger partial charge in [-0.2, -0.15) is 0 Å². The van der Waals surface area contributed by atoms with Gasteiger partial charge in [-0.15, -0.1) is 0 Å². The maximum Gasteiger partial charge on any atom is -0.0296 e. The van der Waals surface area contributed by atoms with Gasteiger partial charge in [0.2, 0.25) is 0 Å². The molecule has 0 aliphatic carbocycles. The summed E-state index contributed by atoms with van der Waals surface area (Å²) < 4.78 is 0. The van der Waals surface area contributed by atoms with E-state index < -0.39 is 0 Å². The van der Waals surface area contributed by atoms with Crippen molar-refractivity contribution in [2.24, 2.45) is 11.3 Å². The third-order valence-corrected chi connectivity index (χ3v) is 3.35. The molecule has 0 fully saturated rings. The Morgan fingerprint density at radius 1 is 0.955 bits per heavy atom. The molecule has 0 heteroatoms. The average Bonchev–Trinajstić information content (AvgIpc) is 2.52. The zero-order valence-electron chi connectivity index (χ0n) is 18.1. The highest BCUT2D eigenvalue weighted by molar-refractivity contribution is 5.15. The average molecular weight is 313 g/mol. The molecule has 0 heterocycles. The zero-order chi connectivity index (χ0) is 18.6. The highest BCUT2D eigenvalue weighted by Crippen LogP contribution is 2.24. The van der Waals surface area contributed by atoms with Gasteiger partial charge in [-0.25, -0.2) is 0 Å². The largest absolute Gasteiger partial charge is 0.0838 e. The van der Waals surface area contributed by atoms with Gasteiger partial charge in [-0.3, -0.25) is 0 Å². The summed E-state index contributed by atoms with van der Waals surface area (Å²) in [5, 5.41) is 0. The number of allylic oxidation sites excluding steroid dienone is 4. The van der Waals surface area contributed by atoms with Crippen molar-refractivity contribution in [3.63, 3.8) is 0 Å². The number of hydrogen-bond acceptors (Lipinski definition) is 0. The fourth-order valence-corrected chi connectivity index (χ4v) is 1.10. The third kappa shape index (κ3) is 31.7. The molecule has 0 aromatic rings. The fraction of sp³-hybridized carbons (Fsp3) is 0.818. The minimum Gasteiger partial charge on any atom is -0.0838 e. The third-order valence-electron chi connectivity index (χ3n) is 3.35. The molecule has 0 aliphatic rings. The van der Waals surface area contributed by atoms with Gasteiger partial charge in [-0.05, 0) is 31.1 Å². The predicted molar refractivity (Wildman–Crippen MR) is 110 cm³/mol. The van der Waals surface area contributed by atoms with Crippen molar-refractivity contribution in [1.82, 2.24) is 0 Å². The lowest BCUT2D eigenvalue weighted by molar-refractivity contribution is 0.357. The standard InChI is InChI=1S/C13H24.C5H12.2C2H6/c1-6-9-12(3)10-8-11-13(4,5)7-2;1-4-5(2)3;2*1-2/h8-10H,6-7,11H2,1-5H3;5H,4H2,1-3H3;2*1-2H3/b10-8-,12-9-;;;. The normalized spacial score (nSPS) is 11.0. The van der Waals surface area contributed by atoms with Crippen LogP contribution in [0.4, 0.5) is 0 Å². The lowest BCUT2D eigenvalue weighted by Crippen LogP contribution is -2.07. The van der Waals surface area contributed by atoms with Gasteiger partial charge in [0, 0.05) is 0 Å². The Balaban J connectivity index is -0.000000150. The molecule has 0 nitrogen and oxygen atoms in total. The molecule has 0 saturated carbocycles. The summed E-state index contributed by atoms with van der Waals surface area (Å²) in [7, 11) is 0. The summed E-state index contributed by atoms with van der Waals surface area (Å²) in [6.45, 7) is 25.9. The van der Waals surface area contributed by atoms with Gasteiger partial charge in [0.05, 0.1) is 0 Å². The first kappa shape index (κ1) is 29.5. The molecule has 0 aromatic heterocycles. The highest BCUT2D eigenvalue weighted by Gasteiger charge is 2.11. The summed E-state index contributed by atoms with van der Waals surface area (Å²) >= 11 is 0. The van der Waals surface area contributed by atoms with Crippen LogP contribution in [0.15, 0.2) is 23.8 Å². The van der Waals surface area contributed by atoms with Gasteiger partial charge in [0.25, 0.3) is 0 Å². The molecule has 0 saturated heterocycles. The Kier molecular flexibility index (Phi) is 30.5. The molecule has 0 amide bonds. The smallest absolute Gasteiger partial charge is 0.0296 e. The summed E-state index contributed by atoms with van der Waals surface area (Å²) in [6.07, 6.45) is 11.7. The van der Waals surface area contributed by atoms with Crippen molar-refractivity contribution >= 4 is 0 Å². The van der Waals surface area contributed by atoms with Crippen molar-refractivity contribution in [2.45, 2.75) is 109 Å². The van der Waals surface area contributed by atoms with E-state index in [1.165, 1.54) is 24.8 Å². The molecule has 0 radical (unpaired) electrons. The lowest BCUT2D eigenvalue weighted by Gasteiger charge is -2.19. The Hall–Kier alpha value is -0.520.